The third kappa shape index (κ3) is 12.1. The number of carbonyl (C=O) groups excluding carboxylic acids is 2. The van der Waals surface area contributed by atoms with Crippen LogP contribution in [-0.4, -0.2) is 75.0 Å². The number of amides is 1. The van der Waals surface area contributed by atoms with E-state index in [1.54, 1.807) is 7.11 Å². The summed E-state index contributed by atoms with van der Waals surface area (Å²) >= 11 is 0. The van der Waals surface area contributed by atoms with Crippen molar-refractivity contribution in [2.24, 2.45) is 0 Å². The van der Waals surface area contributed by atoms with Crippen molar-refractivity contribution in [2.75, 3.05) is 59.2 Å². The molecule has 0 heterocycles. The number of quaternary nitrogens is 1. The molecule has 40 heavy (non-hydrogen) atoms. The van der Waals surface area contributed by atoms with E-state index >= 15 is 0 Å². The molecular formula is C33H52BrN3O3. The molecule has 0 radical (unpaired) electrons. The number of hydrogen-bond acceptors (Lipinski definition) is 4. The van der Waals surface area contributed by atoms with Gasteiger partial charge >= 0.3 is 0 Å². The van der Waals surface area contributed by atoms with Gasteiger partial charge < -0.3 is 31.5 Å². The number of ketones is 1. The van der Waals surface area contributed by atoms with Gasteiger partial charge in [-0.2, -0.15) is 0 Å². The van der Waals surface area contributed by atoms with E-state index in [0.29, 0.717) is 19.5 Å². The van der Waals surface area contributed by atoms with E-state index in [4.69, 9.17) is 4.74 Å². The van der Waals surface area contributed by atoms with Crippen molar-refractivity contribution in [2.45, 2.75) is 72.6 Å². The number of anilines is 1. The summed E-state index contributed by atoms with van der Waals surface area (Å²) in [5, 5.41) is 3.07. The summed E-state index contributed by atoms with van der Waals surface area (Å²) < 4.78 is 6.28. The van der Waals surface area contributed by atoms with Crippen LogP contribution >= 0.6 is 0 Å². The lowest BCUT2D eigenvalue weighted by Gasteiger charge is -2.33. The Bertz CT molecular complexity index is 1050. The van der Waals surface area contributed by atoms with Gasteiger partial charge in [-0.3, -0.25) is 14.5 Å². The van der Waals surface area contributed by atoms with Crippen molar-refractivity contribution in [3.05, 3.63) is 58.7 Å². The van der Waals surface area contributed by atoms with E-state index in [2.05, 4.69) is 24.2 Å². The number of likely N-dealkylation sites (N-methyl/N-ethyl adjacent to an activating group) is 2. The van der Waals surface area contributed by atoms with Gasteiger partial charge in [0.05, 0.1) is 33.8 Å². The summed E-state index contributed by atoms with van der Waals surface area (Å²) in [7, 11) is 5.89. The van der Waals surface area contributed by atoms with Gasteiger partial charge in [0.2, 0.25) is 5.91 Å². The summed E-state index contributed by atoms with van der Waals surface area (Å²) in [5.74, 6) is 1.13. The van der Waals surface area contributed by atoms with Gasteiger partial charge in [-0.05, 0) is 83.3 Å². The fourth-order valence-corrected chi connectivity index (χ4v) is 5.22. The number of unbranched alkanes of at least 4 members (excludes halogenated alkanes) is 5. The van der Waals surface area contributed by atoms with E-state index in [-0.39, 0.29) is 28.7 Å². The molecular weight excluding hydrogens is 566 g/mol. The predicted octanol–water partition coefficient (Wildman–Crippen LogP) is 3.11. The van der Waals surface area contributed by atoms with Crippen LogP contribution in [0.2, 0.25) is 0 Å². The normalized spacial score (nSPS) is 12.5. The monoisotopic (exact) mass is 617 g/mol. The van der Waals surface area contributed by atoms with E-state index in [1.807, 2.05) is 64.2 Å². The Morgan fingerprint density at radius 2 is 1.48 bits per heavy atom. The zero-order valence-corrected chi connectivity index (χ0v) is 27.5. The van der Waals surface area contributed by atoms with Crippen LogP contribution in [0.1, 0.15) is 67.7 Å². The van der Waals surface area contributed by atoms with Crippen molar-refractivity contribution in [3.8, 4) is 5.75 Å². The van der Waals surface area contributed by atoms with Crippen molar-refractivity contribution >= 4 is 17.4 Å². The van der Waals surface area contributed by atoms with E-state index in [0.717, 1.165) is 70.6 Å². The molecule has 0 aliphatic carbocycles. The number of Topliss-reactive ketones (excluding diaryl/α,β-unsaturated/α-hetero) is 1. The van der Waals surface area contributed by atoms with Crippen LogP contribution < -0.4 is 27.0 Å². The number of aryl methyl sites for hydroxylation is 3. The second kappa shape index (κ2) is 18.3. The molecule has 6 nitrogen and oxygen atoms in total. The number of carbonyl (C=O) groups is 2. The highest BCUT2D eigenvalue weighted by Gasteiger charge is 2.24. The standard InChI is InChI=1S/C33H51N3O3.BrH/c1-8-36(6,25-29(37)23-30-26(2)17-16-20-31(30)39-7)22-14-12-10-9-11-13-21-35(5)24-32(38)34-33-27(3)18-15-19-28(33)4;/h15-20H,8-14,21-25H2,1-7H3;1H. The van der Waals surface area contributed by atoms with Crippen molar-refractivity contribution < 1.29 is 35.8 Å². The van der Waals surface area contributed by atoms with E-state index in [1.165, 1.54) is 25.7 Å². The van der Waals surface area contributed by atoms with Gasteiger partial charge in [-0.15, -0.1) is 0 Å². The van der Waals surface area contributed by atoms with Gasteiger partial charge in [-0.25, -0.2) is 0 Å². The molecule has 1 amide bonds. The second-order valence-corrected chi connectivity index (χ2v) is 11.5. The molecule has 0 aliphatic rings. The molecule has 7 heteroatoms. The SMILES string of the molecule is CC[N+](C)(CCCCCCCCN(C)CC(=O)Nc1c(C)cccc1C)CC(=O)Cc1c(C)cccc1OC.[Br-]. The fraction of sp³-hybridized carbons (Fsp3) is 0.576. The highest BCUT2D eigenvalue weighted by atomic mass is 79.9. The quantitative estimate of drug-likeness (QED) is 0.206. The number of ether oxygens (including phenoxy) is 1. The van der Waals surface area contributed by atoms with Crippen LogP contribution in [0.25, 0.3) is 0 Å². The highest BCUT2D eigenvalue weighted by molar-refractivity contribution is 5.93. The minimum atomic E-state index is 0. The molecule has 224 valence electrons. The van der Waals surface area contributed by atoms with Gasteiger partial charge in [0, 0.05) is 17.7 Å². The van der Waals surface area contributed by atoms with Crippen LogP contribution in [0.3, 0.4) is 0 Å². The van der Waals surface area contributed by atoms with Crippen molar-refractivity contribution in [1.29, 1.82) is 0 Å². The van der Waals surface area contributed by atoms with Gasteiger partial charge in [0.25, 0.3) is 0 Å². The Morgan fingerprint density at radius 3 is 2.10 bits per heavy atom. The summed E-state index contributed by atoms with van der Waals surface area (Å²) in [6.45, 7) is 12.2. The second-order valence-electron chi connectivity index (χ2n) is 11.5. The molecule has 1 N–H and O–H groups in total. The van der Waals surface area contributed by atoms with Crippen LogP contribution in [0, 0.1) is 20.8 Å². The van der Waals surface area contributed by atoms with Gasteiger partial charge in [-0.1, -0.05) is 49.6 Å². The minimum Gasteiger partial charge on any atom is -1.00 e. The number of methoxy groups -OCH3 is 1. The minimum absolute atomic E-state index is 0. The summed E-state index contributed by atoms with van der Waals surface area (Å²) in [5.41, 5.74) is 5.25. The number of halogens is 1. The maximum Gasteiger partial charge on any atom is 0.238 e. The molecule has 0 aromatic heterocycles. The Kier molecular flexibility index (Phi) is 16.3. The topological polar surface area (TPSA) is 58.6 Å². The molecule has 0 saturated carbocycles. The Hall–Kier alpha value is -2.22. The summed E-state index contributed by atoms with van der Waals surface area (Å²) in [6.07, 6.45) is 7.49. The zero-order valence-electron chi connectivity index (χ0n) is 25.9. The number of nitrogens with zero attached hydrogens (tertiary/aromatic N) is 2. The molecule has 2 aromatic rings. The van der Waals surface area contributed by atoms with Gasteiger partial charge in [0.15, 0.2) is 5.78 Å². The van der Waals surface area contributed by atoms with Crippen molar-refractivity contribution in [1.82, 2.24) is 4.90 Å². The molecule has 0 aliphatic heterocycles. The Labute approximate surface area is 253 Å². The predicted molar refractivity (Wildman–Crippen MR) is 163 cm³/mol. The van der Waals surface area contributed by atoms with Crippen LogP contribution in [0.15, 0.2) is 36.4 Å². The van der Waals surface area contributed by atoms with Gasteiger partial charge in [0.1, 0.15) is 12.3 Å². The largest absolute Gasteiger partial charge is 1.00 e. The van der Waals surface area contributed by atoms with Crippen LogP contribution in [0.4, 0.5) is 5.69 Å². The van der Waals surface area contributed by atoms with Crippen molar-refractivity contribution in [3.63, 3.8) is 0 Å². The molecule has 2 rings (SSSR count). The first-order valence-electron chi connectivity index (χ1n) is 14.6. The molecule has 0 spiro atoms. The van der Waals surface area contributed by atoms with Crippen LogP contribution in [-0.2, 0) is 16.0 Å². The third-order valence-corrected chi connectivity index (χ3v) is 7.93. The lowest BCUT2D eigenvalue weighted by atomic mass is 10.0. The molecule has 0 fully saturated rings. The first-order chi connectivity index (χ1) is 18.6. The number of rotatable bonds is 18. The number of hydrogen-bond donors (Lipinski definition) is 1. The van der Waals surface area contributed by atoms with Crippen LogP contribution in [0.5, 0.6) is 5.75 Å². The first kappa shape index (κ1) is 35.8. The smallest absolute Gasteiger partial charge is 0.238 e. The fourth-order valence-electron chi connectivity index (χ4n) is 5.22. The van der Waals surface area contributed by atoms with E-state index < -0.39 is 0 Å². The molecule has 0 saturated heterocycles. The molecule has 0 bridgehead atoms. The molecule has 1 unspecified atom stereocenters. The molecule has 1 atom stereocenters. The maximum atomic E-state index is 13.0. The first-order valence-corrected chi connectivity index (χ1v) is 14.6. The average molecular weight is 619 g/mol. The lowest BCUT2D eigenvalue weighted by molar-refractivity contribution is -0.900. The third-order valence-electron chi connectivity index (χ3n) is 7.93. The van der Waals surface area contributed by atoms with E-state index in [9.17, 15) is 9.59 Å². The highest BCUT2D eigenvalue weighted by Crippen LogP contribution is 2.23. The average Bonchev–Trinajstić information content (AvgIpc) is 2.89. The molecule has 2 aromatic carbocycles. The number of para-hydroxylation sites is 1. The lowest BCUT2D eigenvalue weighted by Crippen LogP contribution is -3.00. The summed E-state index contributed by atoms with van der Waals surface area (Å²) in [4.78, 5) is 27.5. The number of benzene rings is 2. The number of nitrogens with one attached hydrogen (secondary N) is 1. The Morgan fingerprint density at radius 1 is 0.900 bits per heavy atom. The zero-order chi connectivity index (χ0) is 28.8. The Balaban J connectivity index is 0.00000800. The summed E-state index contributed by atoms with van der Waals surface area (Å²) in [6, 6.07) is 12.0. The maximum absolute atomic E-state index is 13.0.